The molecule has 1 aromatic rings. The summed E-state index contributed by atoms with van der Waals surface area (Å²) in [7, 11) is 1.58. The summed E-state index contributed by atoms with van der Waals surface area (Å²) in [5.41, 5.74) is 4.74. The third-order valence-electron chi connectivity index (χ3n) is 3.28. The highest BCUT2D eigenvalue weighted by molar-refractivity contribution is 5.83. The Morgan fingerprint density at radius 3 is 2.31 bits per heavy atom. The number of nitrogens with two attached hydrogens (primary N) is 1. The zero-order valence-corrected chi connectivity index (χ0v) is 10.7. The summed E-state index contributed by atoms with van der Waals surface area (Å²) in [4.78, 5) is 11.8. The van der Waals surface area contributed by atoms with Crippen molar-refractivity contribution in [3.8, 4) is 0 Å². The van der Waals surface area contributed by atoms with Crippen LogP contribution in [0.1, 0.15) is 35.1 Å². The molecular formula is C13H20N2O. The van der Waals surface area contributed by atoms with Gasteiger partial charge in [0.15, 0.2) is 0 Å². The van der Waals surface area contributed by atoms with E-state index < -0.39 is 0 Å². The van der Waals surface area contributed by atoms with Crippen molar-refractivity contribution in [3.63, 3.8) is 0 Å². The van der Waals surface area contributed by atoms with E-state index in [0.717, 1.165) is 10.6 Å². The van der Waals surface area contributed by atoms with Crippen molar-refractivity contribution in [1.29, 1.82) is 0 Å². The minimum absolute atomic E-state index is 0.0636. The smallest absolute Gasteiger partial charge is 0.243 e. The summed E-state index contributed by atoms with van der Waals surface area (Å²) in [5, 5.41) is 1.15. The van der Waals surface area contributed by atoms with Crippen molar-refractivity contribution < 1.29 is 4.79 Å². The summed E-state index contributed by atoms with van der Waals surface area (Å²) in [6.45, 7) is 8.10. The number of hydrogen-bond donors (Lipinski definition) is 1. The molecule has 16 heavy (non-hydrogen) atoms. The van der Waals surface area contributed by atoms with Gasteiger partial charge in [-0.1, -0.05) is 12.1 Å². The van der Waals surface area contributed by atoms with E-state index in [4.69, 9.17) is 5.84 Å². The largest absolute Gasteiger partial charge is 0.283 e. The maximum absolute atomic E-state index is 11.8. The van der Waals surface area contributed by atoms with E-state index in [9.17, 15) is 4.79 Å². The van der Waals surface area contributed by atoms with Gasteiger partial charge < -0.3 is 0 Å². The lowest BCUT2D eigenvalue weighted by molar-refractivity contribution is -0.131. The van der Waals surface area contributed by atoms with Crippen molar-refractivity contribution in [1.82, 2.24) is 5.01 Å². The molecule has 0 heterocycles. The number of likely N-dealkylation sites (N-methyl/N-ethyl adjacent to an activating group) is 1. The minimum atomic E-state index is -0.186. The number of aryl methyl sites for hydroxylation is 1. The third-order valence-corrected chi connectivity index (χ3v) is 3.28. The Morgan fingerprint density at radius 2 is 1.81 bits per heavy atom. The number of hydrogen-bond acceptors (Lipinski definition) is 2. The molecule has 0 aliphatic carbocycles. The first-order valence-corrected chi connectivity index (χ1v) is 5.45. The van der Waals surface area contributed by atoms with Crippen molar-refractivity contribution in [2.45, 2.75) is 33.6 Å². The number of amides is 1. The molecule has 1 aromatic carbocycles. The van der Waals surface area contributed by atoms with Gasteiger partial charge in [-0.05, 0) is 49.9 Å². The van der Waals surface area contributed by atoms with Gasteiger partial charge in [0.2, 0.25) is 5.91 Å². The maximum Gasteiger partial charge on any atom is 0.243 e. The van der Waals surface area contributed by atoms with Gasteiger partial charge >= 0.3 is 0 Å². The first-order chi connectivity index (χ1) is 7.36. The molecule has 88 valence electrons. The monoisotopic (exact) mass is 220 g/mol. The molecule has 3 heteroatoms. The highest BCUT2D eigenvalue weighted by Gasteiger charge is 2.19. The Hall–Kier alpha value is -1.35. The predicted molar refractivity (Wildman–Crippen MR) is 66.0 cm³/mol. The Balaban J connectivity index is 3.15. The van der Waals surface area contributed by atoms with Gasteiger partial charge in [-0.2, -0.15) is 0 Å². The second kappa shape index (κ2) is 4.66. The van der Waals surface area contributed by atoms with Crippen LogP contribution in [0.2, 0.25) is 0 Å². The summed E-state index contributed by atoms with van der Waals surface area (Å²) in [6.07, 6.45) is 0. The molecule has 1 unspecified atom stereocenters. The quantitative estimate of drug-likeness (QED) is 0.471. The molecule has 1 amide bonds. The molecule has 0 saturated carbocycles. The Kier molecular flexibility index (Phi) is 3.70. The molecule has 2 N–H and O–H groups in total. The average molecular weight is 220 g/mol. The van der Waals surface area contributed by atoms with E-state index in [1.165, 1.54) is 16.7 Å². The number of carbonyl (C=O) groups excluding carboxylic acids is 1. The van der Waals surface area contributed by atoms with Crippen molar-refractivity contribution in [3.05, 3.63) is 34.4 Å². The van der Waals surface area contributed by atoms with Crippen LogP contribution in [0.4, 0.5) is 0 Å². The van der Waals surface area contributed by atoms with Crippen LogP contribution >= 0.6 is 0 Å². The normalized spacial score (nSPS) is 12.4. The molecule has 0 aliphatic rings. The highest BCUT2D eigenvalue weighted by atomic mass is 16.2. The lowest BCUT2D eigenvalue weighted by Gasteiger charge is -2.20. The summed E-state index contributed by atoms with van der Waals surface area (Å²) in [5.74, 6) is 5.23. The van der Waals surface area contributed by atoms with E-state index in [1.807, 2.05) is 13.0 Å². The van der Waals surface area contributed by atoms with E-state index in [1.54, 1.807) is 7.05 Å². The molecule has 0 saturated heterocycles. The molecule has 0 fully saturated rings. The molecule has 1 atom stereocenters. The van der Waals surface area contributed by atoms with Crippen molar-refractivity contribution in [2.24, 2.45) is 5.84 Å². The summed E-state index contributed by atoms with van der Waals surface area (Å²) >= 11 is 0. The topological polar surface area (TPSA) is 46.3 Å². The first-order valence-electron chi connectivity index (χ1n) is 5.45. The molecule has 0 spiro atoms. The molecular weight excluding hydrogens is 200 g/mol. The number of hydrazine groups is 1. The zero-order valence-electron chi connectivity index (χ0n) is 10.7. The molecule has 3 nitrogen and oxygen atoms in total. The fraction of sp³-hybridized carbons (Fsp3) is 0.462. The van der Waals surface area contributed by atoms with Gasteiger partial charge in [0, 0.05) is 7.05 Å². The lowest BCUT2D eigenvalue weighted by Crippen LogP contribution is -2.36. The minimum Gasteiger partial charge on any atom is -0.283 e. The second-order valence-corrected chi connectivity index (χ2v) is 4.39. The zero-order chi connectivity index (χ0) is 12.5. The van der Waals surface area contributed by atoms with Crippen LogP contribution < -0.4 is 5.84 Å². The number of nitrogens with zero attached hydrogens (tertiary/aromatic N) is 1. The van der Waals surface area contributed by atoms with Gasteiger partial charge in [-0.25, -0.2) is 5.84 Å². The van der Waals surface area contributed by atoms with E-state index in [0.29, 0.717) is 0 Å². The number of benzene rings is 1. The fourth-order valence-electron chi connectivity index (χ4n) is 1.88. The molecule has 0 bridgehead atoms. The summed E-state index contributed by atoms with van der Waals surface area (Å²) in [6, 6.07) is 4.07. The maximum atomic E-state index is 11.8. The Bertz CT molecular complexity index is 411. The summed E-state index contributed by atoms with van der Waals surface area (Å²) < 4.78 is 0. The Morgan fingerprint density at radius 1 is 1.25 bits per heavy atom. The van der Waals surface area contributed by atoms with Crippen LogP contribution in [-0.2, 0) is 4.79 Å². The number of rotatable bonds is 2. The molecule has 1 rings (SSSR count). The van der Waals surface area contributed by atoms with Crippen LogP contribution in [0.15, 0.2) is 12.1 Å². The standard InChI is InChI=1S/C13H20N2O/c1-8-6-7-12(10(3)9(8)2)11(4)13(16)15(5)14/h6-7,11H,14H2,1-5H3. The van der Waals surface area contributed by atoms with E-state index >= 15 is 0 Å². The molecule has 0 aromatic heterocycles. The van der Waals surface area contributed by atoms with Gasteiger partial charge in [0.25, 0.3) is 0 Å². The van der Waals surface area contributed by atoms with E-state index in [2.05, 4.69) is 26.8 Å². The van der Waals surface area contributed by atoms with Gasteiger partial charge in [0.05, 0.1) is 5.92 Å². The molecule has 0 aliphatic heterocycles. The average Bonchev–Trinajstić information content (AvgIpc) is 2.24. The number of carbonyl (C=O) groups is 1. The fourth-order valence-corrected chi connectivity index (χ4v) is 1.88. The van der Waals surface area contributed by atoms with Gasteiger partial charge in [0.1, 0.15) is 0 Å². The van der Waals surface area contributed by atoms with Crippen LogP contribution in [0, 0.1) is 20.8 Å². The van der Waals surface area contributed by atoms with Crippen LogP contribution in [0.5, 0.6) is 0 Å². The second-order valence-electron chi connectivity index (χ2n) is 4.39. The van der Waals surface area contributed by atoms with Crippen LogP contribution in [-0.4, -0.2) is 18.0 Å². The van der Waals surface area contributed by atoms with Gasteiger partial charge in [-0.15, -0.1) is 0 Å². The van der Waals surface area contributed by atoms with Gasteiger partial charge in [-0.3, -0.25) is 9.80 Å². The van der Waals surface area contributed by atoms with Crippen LogP contribution in [0.25, 0.3) is 0 Å². The molecule has 0 radical (unpaired) electrons. The SMILES string of the molecule is Cc1ccc(C(C)C(=O)N(C)N)c(C)c1C. The predicted octanol–water partition coefficient (Wildman–Crippen LogP) is 2.05. The van der Waals surface area contributed by atoms with Crippen LogP contribution in [0.3, 0.4) is 0 Å². The first kappa shape index (κ1) is 12.7. The van der Waals surface area contributed by atoms with Crippen molar-refractivity contribution in [2.75, 3.05) is 7.05 Å². The highest BCUT2D eigenvalue weighted by Crippen LogP contribution is 2.25. The third kappa shape index (κ3) is 2.25. The van der Waals surface area contributed by atoms with Crippen molar-refractivity contribution >= 4 is 5.91 Å². The lowest BCUT2D eigenvalue weighted by atomic mass is 9.91. The van der Waals surface area contributed by atoms with E-state index in [-0.39, 0.29) is 11.8 Å². The Labute approximate surface area is 97.2 Å².